The van der Waals surface area contributed by atoms with Crippen LogP contribution in [0.15, 0.2) is 47.4 Å². The molecule has 0 saturated heterocycles. The predicted octanol–water partition coefficient (Wildman–Crippen LogP) is 3.68. The largest absolute Gasteiger partial charge is 0.497 e. The van der Waals surface area contributed by atoms with E-state index in [1.54, 1.807) is 0 Å². The summed E-state index contributed by atoms with van der Waals surface area (Å²) in [6.07, 6.45) is -4.25. The molecule has 0 aliphatic rings. The lowest BCUT2D eigenvalue weighted by Crippen LogP contribution is -2.24. The second-order valence-corrected chi connectivity index (χ2v) is 5.85. The van der Waals surface area contributed by atoms with Gasteiger partial charge in [-0.2, -0.15) is 18.4 Å². The van der Waals surface area contributed by atoms with Crippen LogP contribution in [0.2, 0.25) is 0 Å². The second-order valence-electron chi connectivity index (χ2n) is 5.85. The first kappa shape index (κ1) is 19.2. The fourth-order valence-electron chi connectivity index (χ4n) is 2.64. The number of ether oxygens (including phenoxy) is 2. The summed E-state index contributed by atoms with van der Waals surface area (Å²) in [4.78, 5) is 16.5. The summed E-state index contributed by atoms with van der Waals surface area (Å²) in [6, 6.07) is 10.0. The number of nitriles is 1. The highest BCUT2D eigenvalue weighted by Gasteiger charge is 2.38. The van der Waals surface area contributed by atoms with Crippen LogP contribution in [0.4, 0.5) is 13.2 Å². The van der Waals surface area contributed by atoms with Gasteiger partial charge in [0.2, 0.25) is 0 Å². The molecular weight excluding hydrogens is 375 g/mol. The summed E-state index contributed by atoms with van der Waals surface area (Å²) < 4.78 is 52.1. The zero-order chi connectivity index (χ0) is 20.5. The molecule has 0 spiro atoms. The van der Waals surface area contributed by atoms with Crippen molar-refractivity contribution < 1.29 is 22.6 Å². The van der Waals surface area contributed by atoms with Gasteiger partial charge in [0.05, 0.1) is 12.7 Å². The molecule has 6 nitrogen and oxygen atoms in total. The van der Waals surface area contributed by atoms with E-state index in [2.05, 4.69) is 4.98 Å². The van der Waals surface area contributed by atoms with Crippen LogP contribution in [0.3, 0.4) is 0 Å². The Morgan fingerprint density at radius 2 is 1.86 bits per heavy atom. The third-order valence-electron chi connectivity index (χ3n) is 3.94. The molecule has 0 saturated carbocycles. The van der Waals surface area contributed by atoms with Crippen LogP contribution < -0.4 is 15.0 Å². The van der Waals surface area contributed by atoms with Gasteiger partial charge < -0.3 is 9.47 Å². The number of nitrogens with zero attached hydrogens (tertiary/aromatic N) is 3. The Hall–Kier alpha value is -3.54. The summed E-state index contributed by atoms with van der Waals surface area (Å²) >= 11 is 0. The molecule has 0 unspecified atom stereocenters. The second kappa shape index (κ2) is 7.23. The van der Waals surface area contributed by atoms with Gasteiger partial charge in [0.1, 0.15) is 23.2 Å². The topological polar surface area (TPSA) is 76.6 Å². The molecule has 0 aliphatic heterocycles. The lowest BCUT2D eigenvalue weighted by molar-refractivity contribution is -0.140. The number of hydrogen-bond donors (Lipinski definition) is 0. The summed E-state index contributed by atoms with van der Waals surface area (Å²) in [7, 11) is 1.36. The molecule has 0 bridgehead atoms. The predicted molar refractivity (Wildman–Crippen MR) is 94.2 cm³/mol. The van der Waals surface area contributed by atoms with E-state index in [9.17, 15) is 18.0 Å². The Balaban J connectivity index is 2.20. The zero-order valence-electron chi connectivity index (χ0n) is 14.8. The summed E-state index contributed by atoms with van der Waals surface area (Å²) in [5.74, 6) is 0.575. The van der Waals surface area contributed by atoms with E-state index >= 15 is 0 Å². The summed E-state index contributed by atoms with van der Waals surface area (Å²) in [6.45, 7) is 1.53. The van der Waals surface area contributed by atoms with Gasteiger partial charge in [-0.3, -0.25) is 9.20 Å². The maximum Gasteiger partial charge on any atom is 0.434 e. The van der Waals surface area contributed by atoms with Crippen LogP contribution in [-0.4, -0.2) is 22.6 Å². The van der Waals surface area contributed by atoms with E-state index in [0.29, 0.717) is 5.75 Å². The van der Waals surface area contributed by atoms with Crippen molar-refractivity contribution in [2.75, 3.05) is 7.11 Å². The molecular formula is C19H14F3N3O3. The maximum absolute atomic E-state index is 13.6. The van der Waals surface area contributed by atoms with Crippen molar-refractivity contribution in [3.63, 3.8) is 0 Å². The van der Waals surface area contributed by atoms with E-state index in [1.165, 1.54) is 56.6 Å². The minimum Gasteiger partial charge on any atom is -0.497 e. The third-order valence-corrected chi connectivity index (χ3v) is 3.94. The first-order valence-electron chi connectivity index (χ1n) is 8.09. The van der Waals surface area contributed by atoms with Gasteiger partial charge in [-0.25, -0.2) is 4.98 Å². The number of methoxy groups -OCH3 is 1. The fourth-order valence-corrected chi connectivity index (χ4v) is 2.64. The summed E-state index contributed by atoms with van der Waals surface area (Å²) in [5, 5.41) is 8.77. The van der Waals surface area contributed by atoms with Crippen LogP contribution in [0.5, 0.6) is 11.5 Å². The first-order chi connectivity index (χ1) is 13.2. The molecule has 1 aromatic carbocycles. The number of rotatable bonds is 4. The monoisotopic (exact) mass is 389 g/mol. The number of halogens is 3. The molecule has 9 heteroatoms. The highest BCUT2D eigenvalue weighted by atomic mass is 19.4. The smallest absolute Gasteiger partial charge is 0.434 e. The Morgan fingerprint density at radius 1 is 1.18 bits per heavy atom. The minimum absolute atomic E-state index is 0.0343. The Bertz CT molecular complexity index is 1120. The van der Waals surface area contributed by atoms with Crippen molar-refractivity contribution >= 4 is 5.65 Å². The Kier molecular flexibility index (Phi) is 4.96. The van der Waals surface area contributed by atoms with E-state index in [1.807, 2.05) is 6.07 Å². The van der Waals surface area contributed by atoms with Crippen LogP contribution in [0.25, 0.3) is 16.8 Å². The number of hydrogen-bond acceptors (Lipinski definition) is 5. The number of alkyl halides is 3. The van der Waals surface area contributed by atoms with E-state index < -0.39 is 29.1 Å². The van der Waals surface area contributed by atoms with Crippen molar-refractivity contribution in [3.8, 4) is 28.7 Å². The fraction of sp³-hybridized carbons (Fsp3) is 0.211. The number of pyridine rings is 1. The van der Waals surface area contributed by atoms with Crippen LogP contribution >= 0.6 is 0 Å². The van der Waals surface area contributed by atoms with Gasteiger partial charge in [-0.05, 0) is 30.7 Å². The highest BCUT2D eigenvalue weighted by Crippen LogP contribution is 2.35. The zero-order valence-corrected chi connectivity index (χ0v) is 14.8. The molecule has 28 heavy (non-hydrogen) atoms. The third kappa shape index (κ3) is 3.62. The first-order valence-corrected chi connectivity index (χ1v) is 8.09. The standard InChI is InChI=1S/C19H14F3N3O3/c1-11(10-23)28-13-5-3-12(4-6-13)16-17(19(20,21)22)24-15-9-14(27-2)7-8-25(15)18(16)26/h3-9,11H,1-2H3/t11-/m1/s1. The molecule has 3 rings (SSSR count). The Morgan fingerprint density at radius 3 is 2.43 bits per heavy atom. The average molecular weight is 389 g/mol. The Labute approximate surface area is 157 Å². The molecule has 0 radical (unpaired) electrons. The molecule has 0 fully saturated rings. The highest BCUT2D eigenvalue weighted by molar-refractivity contribution is 5.68. The van der Waals surface area contributed by atoms with Gasteiger partial charge in [0, 0.05) is 12.3 Å². The SMILES string of the molecule is COc1ccn2c(=O)c(-c3ccc(O[C@H](C)C#N)cc3)c(C(F)(F)F)nc2c1. The molecule has 0 amide bonds. The van der Waals surface area contributed by atoms with Gasteiger partial charge in [-0.15, -0.1) is 0 Å². The van der Waals surface area contributed by atoms with E-state index in [0.717, 1.165) is 4.40 Å². The minimum atomic E-state index is -4.84. The van der Waals surface area contributed by atoms with Crippen molar-refractivity contribution in [1.82, 2.24) is 9.38 Å². The molecule has 3 aromatic rings. The summed E-state index contributed by atoms with van der Waals surface area (Å²) in [5.41, 5.74) is -2.87. The average Bonchev–Trinajstić information content (AvgIpc) is 2.67. The molecule has 144 valence electrons. The van der Waals surface area contributed by atoms with E-state index in [4.69, 9.17) is 14.7 Å². The van der Waals surface area contributed by atoms with Crippen LogP contribution in [0.1, 0.15) is 12.6 Å². The van der Waals surface area contributed by atoms with Crippen molar-refractivity contribution in [2.45, 2.75) is 19.2 Å². The number of benzene rings is 1. The molecule has 2 heterocycles. The van der Waals surface area contributed by atoms with Gasteiger partial charge >= 0.3 is 6.18 Å². The van der Waals surface area contributed by atoms with Gasteiger partial charge in [-0.1, -0.05) is 12.1 Å². The van der Waals surface area contributed by atoms with Crippen LogP contribution in [0, 0.1) is 11.3 Å². The van der Waals surface area contributed by atoms with Crippen LogP contribution in [-0.2, 0) is 6.18 Å². The number of aromatic nitrogens is 2. The molecule has 0 N–H and O–H groups in total. The molecule has 0 aliphatic carbocycles. The lowest BCUT2D eigenvalue weighted by atomic mass is 10.0. The normalized spacial score (nSPS) is 12.4. The van der Waals surface area contributed by atoms with Crippen molar-refractivity contribution in [2.24, 2.45) is 0 Å². The van der Waals surface area contributed by atoms with Crippen molar-refractivity contribution in [1.29, 1.82) is 5.26 Å². The number of fused-ring (bicyclic) bond motifs is 1. The maximum atomic E-state index is 13.6. The lowest BCUT2D eigenvalue weighted by Gasteiger charge is -2.14. The molecule has 2 aromatic heterocycles. The quantitative estimate of drug-likeness (QED) is 0.680. The van der Waals surface area contributed by atoms with Crippen molar-refractivity contribution in [3.05, 3.63) is 58.6 Å². The van der Waals surface area contributed by atoms with Gasteiger partial charge in [0.25, 0.3) is 5.56 Å². The van der Waals surface area contributed by atoms with E-state index in [-0.39, 0.29) is 17.0 Å². The molecule has 1 atom stereocenters. The van der Waals surface area contributed by atoms with Gasteiger partial charge in [0.15, 0.2) is 11.8 Å².